The number of carbonyl (C=O) groups excluding carboxylic acids is 2. The van der Waals surface area contributed by atoms with E-state index in [4.69, 9.17) is 21.1 Å². The Bertz CT molecular complexity index is 1450. The van der Waals surface area contributed by atoms with Crippen molar-refractivity contribution < 1.29 is 23.5 Å². The predicted molar refractivity (Wildman–Crippen MR) is 153 cm³/mol. The van der Waals surface area contributed by atoms with E-state index in [1.165, 1.54) is 24.1 Å². The second-order valence-electron chi connectivity index (χ2n) is 9.14. The van der Waals surface area contributed by atoms with Crippen LogP contribution in [0.25, 0.3) is 0 Å². The lowest BCUT2D eigenvalue weighted by molar-refractivity contribution is -0.141. The van der Waals surface area contributed by atoms with Gasteiger partial charge in [-0.1, -0.05) is 78.3 Å². The highest BCUT2D eigenvalue weighted by Crippen LogP contribution is 2.30. The first-order valence-corrected chi connectivity index (χ1v) is 13.1. The fourth-order valence-electron chi connectivity index (χ4n) is 4.41. The van der Waals surface area contributed by atoms with Crippen molar-refractivity contribution >= 4 is 23.4 Å². The number of halogens is 2. The lowest BCUT2D eigenvalue weighted by Crippen LogP contribution is -2.43. The first-order chi connectivity index (χ1) is 19.4. The Morgan fingerprint density at radius 2 is 1.50 bits per heavy atom. The molecule has 0 spiro atoms. The number of benzene rings is 4. The number of hydrogen-bond acceptors (Lipinski definition) is 4. The molecule has 4 aromatic rings. The Morgan fingerprint density at radius 1 is 0.850 bits per heavy atom. The van der Waals surface area contributed by atoms with Gasteiger partial charge in [0.25, 0.3) is 0 Å². The third-order valence-electron chi connectivity index (χ3n) is 6.48. The molecule has 40 heavy (non-hydrogen) atoms. The molecule has 6 nitrogen and oxygen atoms in total. The minimum Gasteiger partial charge on any atom is -0.493 e. The van der Waals surface area contributed by atoms with Crippen LogP contribution in [0.2, 0.25) is 5.02 Å². The molecule has 0 saturated heterocycles. The minimum absolute atomic E-state index is 0.00265. The van der Waals surface area contributed by atoms with Gasteiger partial charge in [0.05, 0.1) is 20.6 Å². The largest absolute Gasteiger partial charge is 0.493 e. The number of nitrogens with one attached hydrogen (secondary N) is 1. The van der Waals surface area contributed by atoms with Gasteiger partial charge in [0, 0.05) is 18.1 Å². The molecule has 4 rings (SSSR count). The molecule has 0 unspecified atom stereocenters. The first kappa shape index (κ1) is 28.6. The van der Waals surface area contributed by atoms with Gasteiger partial charge in [-0.3, -0.25) is 9.59 Å². The molecular weight excluding hydrogens is 531 g/mol. The van der Waals surface area contributed by atoms with Gasteiger partial charge in [0.1, 0.15) is 11.9 Å². The highest BCUT2D eigenvalue weighted by molar-refractivity contribution is 6.31. The zero-order valence-electron chi connectivity index (χ0n) is 22.3. The molecular formula is C32H30ClFN2O4. The van der Waals surface area contributed by atoms with Crippen LogP contribution in [0, 0.1) is 5.82 Å². The molecule has 0 aromatic heterocycles. The maximum atomic E-state index is 14.0. The summed E-state index contributed by atoms with van der Waals surface area (Å²) in [5.41, 5.74) is 2.77. The Balaban J connectivity index is 1.69. The maximum absolute atomic E-state index is 14.0. The number of rotatable bonds is 11. The van der Waals surface area contributed by atoms with Crippen molar-refractivity contribution in [3.8, 4) is 11.5 Å². The normalized spacial score (nSPS) is 11.4. The quantitative estimate of drug-likeness (QED) is 0.240. The lowest BCUT2D eigenvalue weighted by Gasteiger charge is -2.32. The number of ether oxygens (including phenoxy) is 2. The van der Waals surface area contributed by atoms with E-state index in [2.05, 4.69) is 5.32 Å². The monoisotopic (exact) mass is 560 g/mol. The summed E-state index contributed by atoms with van der Waals surface area (Å²) in [6.07, 6.45) is 0.00265. The fraction of sp³-hybridized carbons (Fsp3) is 0.188. The lowest BCUT2D eigenvalue weighted by atomic mass is 10.0. The average Bonchev–Trinajstić information content (AvgIpc) is 2.98. The zero-order valence-corrected chi connectivity index (χ0v) is 23.0. The van der Waals surface area contributed by atoms with Crippen molar-refractivity contribution in [1.82, 2.24) is 10.2 Å². The van der Waals surface area contributed by atoms with Crippen molar-refractivity contribution in [2.24, 2.45) is 0 Å². The molecule has 0 bridgehead atoms. The summed E-state index contributed by atoms with van der Waals surface area (Å²) in [7, 11) is 3.07. The number of methoxy groups -OCH3 is 2. The summed E-state index contributed by atoms with van der Waals surface area (Å²) in [4.78, 5) is 29.3. The van der Waals surface area contributed by atoms with E-state index in [0.29, 0.717) is 33.2 Å². The molecule has 2 amide bonds. The summed E-state index contributed by atoms with van der Waals surface area (Å²) in [6.45, 7) is 0.279. The van der Waals surface area contributed by atoms with E-state index >= 15 is 0 Å². The SMILES string of the molecule is COc1ccc(CC(=O)N(Cc2ccc(F)cc2)[C@@H](C(=O)NCc2ccccc2Cl)c2ccccc2)cc1OC. The van der Waals surface area contributed by atoms with Crippen LogP contribution in [0.4, 0.5) is 4.39 Å². The Hall–Kier alpha value is -4.36. The number of carbonyl (C=O) groups is 2. The van der Waals surface area contributed by atoms with Crippen LogP contribution in [0.3, 0.4) is 0 Å². The van der Waals surface area contributed by atoms with Gasteiger partial charge in [-0.25, -0.2) is 4.39 Å². The van der Waals surface area contributed by atoms with Crippen LogP contribution in [0.15, 0.2) is 97.1 Å². The topological polar surface area (TPSA) is 67.9 Å². The molecule has 206 valence electrons. The number of hydrogen-bond donors (Lipinski definition) is 1. The zero-order chi connectivity index (χ0) is 28.5. The van der Waals surface area contributed by atoms with Crippen molar-refractivity contribution in [2.75, 3.05) is 14.2 Å². The van der Waals surface area contributed by atoms with Crippen LogP contribution in [0.1, 0.15) is 28.3 Å². The molecule has 0 fully saturated rings. The Kier molecular flexibility index (Phi) is 9.76. The van der Waals surface area contributed by atoms with Crippen LogP contribution >= 0.6 is 11.6 Å². The van der Waals surface area contributed by atoms with Gasteiger partial charge in [-0.05, 0) is 52.6 Å². The van der Waals surface area contributed by atoms with Gasteiger partial charge in [0.2, 0.25) is 11.8 Å². The smallest absolute Gasteiger partial charge is 0.247 e. The minimum atomic E-state index is -0.957. The summed E-state index contributed by atoms with van der Waals surface area (Å²) < 4.78 is 24.4. The average molecular weight is 561 g/mol. The summed E-state index contributed by atoms with van der Waals surface area (Å²) in [6, 6.07) is 26.5. The number of nitrogens with zero attached hydrogens (tertiary/aromatic N) is 1. The van der Waals surface area contributed by atoms with Crippen molar-refractivity contribution in [1.29, 1.82) is 0 Å². The molecule has 4 aromatic carbocycles. The molecule has 0 aliphatic rings. The van der Waals surface area contributed by atoms with Crippen LogP contribution in [-0.2, 0) is 29.1 Å². The second-order valence-corrected chi connectivity index (χ2v) is 9.54. The van der Waals surface area contributed by atoms with E-state index in [1.54, 1.807) is 55.6 Å². The van der Waals surface area contributed by atoms with E-state index in [0.717, 1.165) is 5.56 Å². The second kappa shape index (κ2) is 13.6. The molecule has 0 aliphatic heterocycles. The van der Waals surface area contributed by atoms with E-state index in [9.17, 15) is 14.0 Å². The molecule has 0 saturated carbocycles. The van der Waals surface area contributed by atoms with Gasteiger partial charge in [-0.15, -0.1) is 0 Å². The van der Waals surface area contributed by atoms with Crippen molar-refractivity contribution in [2.45, 2.75) is 25.6 Å². The van der Waals surface area contributed by atoms with E-state index in [-0.39, 0.29) is 37.1 Å². The highest BCUT2D eigenvalue weighted by atomic mass is 35.5. The van der Waals surface area contributed by atoms with Gasteiger partial charge >= 0.3 is 0 Å². The molecule has 0 heterocycles. The Morgan fingerprint density at radius 3 is 2.17 bits per heavy atom. The molecule has 0 aliphatic carbocycles. The maximum Gasteiger partial charge on any atom is 0.247 e. The molecule has 1 atom stereocenters. The fourth-order valence-corrected chi connectivity index (χ4v) is 4.61. The van der Waals surface area contributed by atoms with Gasteiger partial charge < -0.3 is 19.7 Å². The highest BCUT2D eigenvalue weighted by Gasteiger charge is 2.31. The third-order valence-corrected chi connectivity index (χ3v) is 6.84. The summed E-state index contributed by atoms with van der Waals surface area (Å²) in [5, 5.41) is 3.49. The Labute approximate surface area is 238 Å². The van der Waals surface area contributed by atoms with Crippen LogP contribution < -0.4 is 14.8 Å². The predicted octanol–water partition coefficient (Wildman–Crippen LogP) is 6.13. The molecule has 8 heteroatoms. The standard InChI is InChI=1S/C32H30ClFN2O4/c1-39-28-17-14-23(18-29(28)40-2)19-30(37)36(21-22-12-15-26(34)16-13-22)31(24-8-4-3-5-9-24)32(38)35-20-25-10-6-7-11-27(25)33/h3-18,31H,19-21H2,1-2H3,(H,35,38)/t31-/m1/s1. The van der Waals surface area contributed by atoms with E-state index < -0.39 is 6.04 Å². The first-order valence-electron chi connectivity index (χ1n) is 12.7. The van der Waals surface area contributed by atoms with Gasteiger partial charge in [0.15, 0.2) is 11.5 Å². The van der Waals surface area contributed by atoms with Crippen LogP contribution in [-0.4, -0.2) is 30.9 Å². The van der Waals surface area contributed by atoms with Crippen LogP contribution in [0.5, 0.6) is 11.5 Å². The van der Waals surface area contributed by atoms with Gasteiger partial charge in [-0.2, -0.15) is 0 Å². The third kappa shape index (κ3) is 7.18. The van der Waals surface area contributed by atoms with E-state index in [1.807, 2.05) is 36.4 Å². The summed E-state index contributed by atoms with van der Waals surface area (Å²) in [5.74, 6) is -0.00538. The summed E-state index contributed by atoms with van der Waals surface area (Å²) >= 11 is 6.31. The molecule has 0 radical (unpaired) electrons. The van der Waals surface area contributed by atoms with Crippen molar-refractivity contribution in [3.05, 3.63) is 130 Å². The number of amides is 2. The van der Waals surface area contributed by atoms with Crippen molar-refractivity contribution in [3.63, 3.8) is 0 Å². The molecule has 1 N–H and O–H groups in total.